The summed E-state index contributed by atoms with van der Waals surface area (Å²) in [7, 11) is 3.97. The Kier molecular flexibility index (Phi) is 4.02. The fourth-order valence-corrected chi connectivity index (χ4v) is 2.36. The molecule has 0 aliphatic rings. The molecule has 0 bridgehead atoms. The van der Waals surface area contributed by atoms with E-state index in [1.807, 2.05) is 39.2 Å². The number of halogens is 1. The highest BCUT2D eigenvalue weighted by atomic mass is 35.5. The molecule has 0 spiro atoms. The lowest BCUT2D eigenvalue weighted by Crippen LogP contribution is -2.11. The van der Waals surface area contributed by atoms with E-state index in [1.54, 1.807) is 0 Å². The highest BCUT2D eigenvalue weighted by molar-refractivity contribution is 6.33. The van der Waals surface area contributed by atoms with Gasteiger partial charge in [0.2, 0.25) is 0 Å². The molecule has 0 atom stereocenters. The zero-order valence-electron chi connectivity index (χ0n) is 11.2. The first-order chi connectivity index (χ1) is 9.04. The maximum atomic E-state index is 11.2. The Hall–Kier alpha value is -1.65. The summed E-state index contributed by atoms with van der Waals surface area (Å²) in [6.07, 6.45) is 0.816. The normalized spacial score (nSPS) is 11.0. The molecule has 1 aromatic heterocycles. The fourth-order valence-electron chi connectivity index (χ4n) is 2.08. The summed E-state index contributed by atoms with van der Waals surface area (Å²) < 4.78 is 0. The molecule has 19 heavy (non-hydrogen) atoms. The topological polar surface area (TPSA) is 49.0 Å². The molecule has 0 amide bonds. The molecule has 1 heterocycles. The molecule has 0 fully saturated rings. The van der Waals surface area contributed by atoms with Crippen molar-refractivity contribution in [2.24, 2.45) is 0 Å². The summed E-state index contributed by atoms with van der Waals surface area (Å²) in [5, 5.41) is 7.67. The second-order valence-electron chi connectivity index (χ2n) is 4.74. The van der Waals surface area contributed by atoms with Gasteiger partial charge in [0, 0.05) is 17.8 Å². The number of aldehydes is 1. The van der Waals surface area contributed by atoms with E-state index in [-0.39, 0.29) is 0 Å². The summed E-state index contributed by atoms with van der Waals surface area (Å²) in [4.78, 5) is 13.3. The van der Waals surface area contributed by atoms with E-state index in [0.717, 1.165) is 29.7 Å². The number of aromatic nitrogens is 2. The van der Waals surface area contributed by atoms with Gasteiger partial charge in [-0.25, -0.2) is 0 Å². The van der Waals surface area contributed by atoms with Gasteiger partial charge in [-0.05, 0) is 32.6 Å². The smallest absolute Gasteiger partial charge is 0.154 e. The van der Waals surface area contributed by atoms with Crippen LogP contribution in [0.3, 0.4) is 0 Å². The number of aryl methyl sites for hydroxylation is 1. The Morgan fingerprint density at radius 3 is 2.79 bits per heavy atom. The molecule has 0 radical (unpaired) electrons. The molecular formula is C14H16ClN3O. The third kappa shape index (κ3) is 2.69. The Morgan fingerprint density at radius 1 is 1.42 bits per heavy atom. The zero-order valence-corrected chi connectivity index (χ0v) is 12.0. The van der Waals surface area contributed by atoms with Crippen molar-refractivity contribution in [2.45, 2.75) is 13.5 Å². The van der Waals surface area contributed by atoms with Crippen molar-refractivity contribution >= 4 is 17.9 Å². The van der Waals surface area contributed by atoms with Crippen LogP contribution in [0.5, 0.6) is 0 Å². The van der Waals surface area contributed by atoms with Gasteiger partial charge in [0.1, 0.15) is 5.69 Å². The minimum absolute atomic E-state index is 0.563. The molecule has 0 saturated carbocycles. The second-order valence-corrected chi connectivity index (χ2v) is 5.15. The number of rotatable bonds is 4. The van der Waals surface area contributed by atoms with Crippen LogP contribution in [0.4, 0.5) is 0 Å². The number of nitrogens with zero attached hydrogens (tertiary/aromatic N) is 2. The van der Waals surface area contributed by atoms with Crippen molar-refractivity contribution in [3.8, 4) is 11.3 Å². The zero-order chi connectivity index (χ0) is 14.0. The van der Waals surface area contributed by atoms with Gasteiger partial charge in [0.05, 0.1) is 10.6 Å². The number of aromatic amines is 1. The summed E-state index contributed by atoms with van der Waals surface area (Å²) >= 11 is 6.30. The van der Waals surface area contributed by atoms with Crippen LogP contribution in [0.25, 0.3) is 11.3 Å². The Bertz CT molecular complexity index is 605. The number of hydrogen-bond donors (Lipinski definition) is 1. The summed E-state index contributed by atoms with van der Waals surface area (Å²) in [5.74, 6) is 0. The minimum Gasteiger partial charge on any atom is -0.305 e. The molecule has 0 aliphatic heterocycles. The van der Waals surface area contributed by atoms with Gasteiger partial charge in [0.15, 0.2) is 6.29 Å². The molecule has 1 aromatic carbocycles. The Morgan fingerprint density at radius 2 is 2.16 bits per heavy atom. The highest BCUT2D eigenvalue weighted by Crippen LogP contribution is 2.33. The molecule has 0 saturated heterocycles. The van der Waals surface area contributed by atoms with Crippen LogP contribution in [0.2, 0.25) is 5.02 Å². The van der Waals surface area contributed by atoms with E-state index in [1.165, 1.54) is 0 Å². The predicted molar refractivity (Wildman–Crippen MR) is 76.5 cm³/mol. The monoisotopic (exact) mass is 277 g/mol. The van der Waals surface area contributed by atoms with Gasteiger partial charge >= 0.3 is 0 Å². The fraction of sp³-hybridized carbons (Fsp3) is 0.286. The average molecular weight is 278 g/mol. The second kappa shape index (κ2) is 5.55. The number of carbonyl (C=O) groups is 1. The molecular weight excluding hydrogens is 262 g/mol. The van der Waals surface area contributed by atoms with Crippen LogP contribution < -0.4 is 0 Å². The maximum absolute atomic E-state index is 11.2. The van der Waals surface area contributed by atoms with Gasteiger partial charge in [-0.15, -0.1) is 0 Å². The van der Waals surface area contributed by atoms with Crippen LogP contribution in [-0.2, 0) is 6.54 Å². The van der Waals surface area contributed by atoms with Gasteiger partial charge < -0.3 is 4.90 Å². The van der Waals surface area contributed by atoms with E-state index in [2.05, 4.69) is 15.1 Å². The summed E-state index contributed by atoms with van der Waals surface area (Å²) in [6.45, 7) is 2.56. The Balaban J connectivity index is 2.63. The lowest BCUT2D eigenvalue weighted by Gasteiger charge is -2.14. The van der Waals surface area contributed by atoms with Crippen LogP contribution in [0.1, 0.15) is 21.6 Å². The van der Waals surface area contributed by atoms with Gasteiger partial charge in [0.25, 0.3) is 0 Å². The van der Waals surface area contributed by atoms with E-state index in [4.69, 9.17) is 11.6 Å². The average Bonchev–Trinajstić information content (AvgIpc) is 2.69. The third-order valence-electron chi connectivity index (χ3n) is 2.94. The van der Waals surface area contributed by atoms with Crippen LogP contribution in [0.15, 0.2) is 18.2 Å². The van der Waals surface area contributed by atoms with Crippen molar-refractivity contribution in [3.63, 3.8) is 0 Å². The van der Waals surface area contributed by atoms with E-state index >= 15 is 0 Å². The van der Waals surface area contributed by atoms with Crippen molar-refractivity contribution in [3.05, 3.63) is 40.0 Å². The minimum atomic E-state index is 0.563. The number of H-pyrrole nitrogens is 1. The molecule has 4 nitrogen and oxygen atoms in total. The van der Waals surface area contributed by atoms with Crippen LogP contribution in [0, 0.1) is 6.92 Å². The predicted octanol–water partition coefficient (Wildman–Crippen LogP) is 2.91. The first-order valence-electron chi connectivity index (χ1n) is 5.97. The first kappa shape index (κ1) is 13.8. The van der Waals surface area contributed by atoms with Crippen molar-refractivity contribution in [2.75, 3.05) is 14.1 Å². The van der Waals surface area contributed by atoms with Gasteiger partial charge in [-0.3, -0.25) is 9.89 Å². The van der Waals surface area contributed by atoms with Crippen molar-refractivity contribution in [1.82, 2.24) is 15.1 Å². The standard InChI is InChI=1S/C14H16ClN3O/c1-9-11(8-19)14(17-16-9)13-10(7-18(2)3)5-4-6-12(13)15/h4-6,8H,7H2,1-3H3,(H,16,17). The van der Waals surface area contributed by atoms with Crippen LogP contribution in [-0.4, -0.2) is 35.5 Å². The van der Waals surface area contributed by atoms with Gasteiger partial charge in [-0.1, -0.05) is 23.7 Å². The molecule has 100 valence electrons. The third-order valence-corrected chi connectivity index (χ3v) is 3.25. The summed E-state index contributed by atoms with van der Waals surface area (Å²) in [6, 6.07) is 5.72. The lowest BCUT2D eigenvalue weighted by atomic mass is 10.0. The summed E-state index contributed by atoms with van der Waals surface area (Å²) in [5.41, 5.74) is 3.81. The Labute approximate surface area is 117 Å². The van der Waals surface area contributed by atoms with Gasteiger partial charge in [-0.2, -0.15) is 5.10 Å². The first-order valence-corrected chi connectivity index (χ1v) is 6.35. The largest absolute Gasteiger partial charge is 0.305 e. The number of hydrogen-bond acceptors (Lipinski definition) is 3. The molecule has 1 N–H and O–H groups in total. The van der Waals surface area contributed by atoms with E-state index < -0.39 is 0 Å². The lowest BCUT2D eigenvalue weighted by molar-refractivity contribution is 0.112. The molecule has 2 rings (SSSR count). The van der Waals surface area contributed by atoms with Crippen molar-refractivity contribution in [1.29, 1.82) is 0 Å². The van der Waals surface area contributed by atoms with Crippen molar-refractivity contribution < 1.29 is 4.79 Å². The molecule has 5 heteroatoms. The van der Waals surface area contributed by atoms with E-state index in [9.17, 15) is 4.79 Å². The number of carbonyl (C=O) groups excluding carboxylic acids is 1. The van der Waals surface area contributed by atoms with Crippen LogP contribution >= 0.6 is 11.6 Å². The molecule has 2 aromatic rings. The molecule has 0 unspecified atom stereocenters. The quantitative estimate of drug-likeness (QED) is 0.874. The SMILES string of the molecule is Cc1[nH]nc(-c2c(Cl)cccc2CN(C)C)c1C=O. The highest BCUT2D eigenvalue weighted by Gasteiger charge is 2.18. The molecule has 0 aliphatic carbocycles. The number of nitrogens with one attached hydrogen (secondary N) is 1. The maximum Gasteiger partial charge on any atom is 0.154 e. The number of benzene rings is 1. The van der Waals surface area contributed by atoms with E-state index in [0.29, 0.717) is 16.3 Å².